The molecule has 1 fully saturated rings. The van der Waals surface area contributed by atoms with Gasteiger partial charge in [0.1, 0.15) is 0 Å². The van der Waals surface area contributed by atoms with Crippen LogP contribution in [0.4, 0.5) is 5.13 Å². The van der Waals surface area contributed by atoms with Crippen LogP contribution in [0.15, 0.2) is 52.7 Å². The Bertz CT molecular complexity index is 1130. The third-order valence-corrected chi connectivity index (χ3v) is 8.93. The second-order valence-electron chi connectivity index (χ2n) is 7.98. The molecule has 0 radical (unpaired) electrons. The van der Waals surface area contributed by atoms with Crippen LogP contribution >= 0.6 is 22.9 Å². The van der Waals surface area contributed by atoms with Gasteiger partial charge in [0.2, 0.25) is 0 Å². The quantitative estimate of drug-likeness (QED) is 0.508. The van der Waals surface area contributed by atoms with Crippen LogP contribution < -0.4 is 4.90 Å². The van der Waals surface area contributed by atoms with Crippen molar-refractivity contribution < 1.29 is 8.42 Å². The summed E-state index contributed by atoms with van der Waals surface area (Å²) in [4.78, 5) is 7.35. The Morgan fingerprint density at radius 3 is 2.47 bits per heavy atom. The van der Waals surface area contributed by atoms with E-state index in [1.54, 1.807) is 35.6 Å². The molecule has 0 spiro atoms. The number of aromatic nitrogens is 1. The van der Waals surface area contributed by atoms with Crippen molar-refractivity contribution in [3.63, 3.8) is 0 Å². The highest BCUT2D eigenvalue weighted by Gasteiger charge is 2.32. The summed E-state index contributed by atoms with van der Waals surface area (Å²) in [6, 6.07) is 13.2. The van der Waals surface area contributed by atoms with Crippen molar-refractivity contribution in [3.8, 4) is 0 Å². The number of rotatable bonds is 5. The number of sulfone groups is 1. The van der Waals surface area contributed by atoms with E-state index in [1.807, 2.05) is 0 Å². The van der Waals surface area contributed by atoms with Gasteiger partial charge >= 0.3 is 0 Å². The topological polar surface area (TPSA) is 50.3 Å². The molecular weight excluding hydrogens is 436 g/mol. The highest BCUT2D eigenvalue weighted by atomic mass is 35.5. The molecule has 1 aromatic heterocycles. The van der Waals surface area contributed by atoms with Crippen molar-refractivity contribution in [2.24, 2.45) is 0 Å². The Balaban J connectivity index is 1.41. The van der Waals surface area contributed by atoms with E-state index in [2.05, 4.69) is 42.3 Å². The first-order valence-corrected chi connectivity index (χ1v) is 12.9. The van der Waals surface area contributed by atoms with Gasteiger partial charge in [-0.1, -0.05) is 47.0 Å². The molecule has 0 amide bonds. The van der Waals surface area contributed by atoms with E-state index in [0.29, 0.717) is 35.8 Å². The van der Waals surface area contributed by atoms with Crippen LogP contribution in [0.3, 0.4) is 0 Å². The van der Waals surface area contributed by atoms with E-state index in [1.165, 1.54) is 16.7 Å². The minimum Gasteiger partial charge on any atom is -0.348 e. The zero-order valence-corrected chi connectivity index (χ0v) is 19.5. The van der Waals surface area contributed by atoms with Crippen molar-refractivity contribution in [2.75, 3.05) is 18.0 Å². The summed E-state index contributed by atoms with van der Waals surface area (Å²) in [6.45, 7) is 5.62. The first kappa shape index (κ1) is 21.3. The van der Waals surface area contributed by atoms with E-state index >= 15 is 0 Å². The average molecular weight is 461 g/mol. The van der Waals surface area contributed by atoms with Crippen LogP contribution in [-0.2, 0) is 16.3 Å². The number of piperidine rings is 1. The zero-order valence-electron chi connectivity index (χ0n) is 17.1. The average Bonchev–Trinajstić information content (AvgIpc) is 3.16. The molecule has 2 aromatic carbocycles. The SMILES string of the molecule is Cc1cc(C)cc(Cc2csc(N3CCC(S(=O)(=O)c4cccc(Cl)c4)CC3)n2)c1. The maximum Gasteiger partial charge on any atom is 0.185 e. The predicted molar refractivity (Wildman–Crippen MR) is 125 cm³/mol. The van der Waals surface area contributed by atoms with Crippen molar-refractivity contribution in [3.05, 3.63) is 75.3 Å². The number of hydrogen-bond donors (Lipinski definition) is 0. The zero-order chi connectivity index (χ0) is 21.3. The van der Waals surface area contributed by atoms with Gasteiger partial charge < -0.3 is 4.90 Å². The molecule has 0 N–H and O–H groups in total. The van der Waals surface area contributed by atoms with Crippen LogP contribution in [-0.4, -0.2) is 31.7 Å². The van der Waals surface area contributed by atoms with Crippen molar-refractivity contribution in [1.29, 1.82) is 0 Å². The van der Waals surface area contributed by atoms with Gasteiger partial charge in [0, 0.05) is 29.9 Å². The van der Waals surface area contributed by atoms with Crippen LogP contribution in [0.1, 0.15) is 35.2 Å². The molecule has 158 valence electrons. The van der Waals surface area contributed by atoms with Crippen molar-refractivity contribution >= 4 is 37.9 Å². The number of halogens is 1. The summed E-state index contributed by atoms with van der Waals surface area (Å²) < 4.78 is 25.9. The molecule has 0 atom stereocenters. The lowest BCUT2D eigenvalue weighted by atomic mass is 10.0. The Morgan fingerprint density at radius 2 is 1.80 bits per heavy atom. The van der Waals surface area contributed by atoms with Gasteiger partial charge in [-0.15, -0.1) is 11.3 Å². The maximum atomic E-state index is 13.0. The number of thiazole rings is 1. The fraction of sp³-hybridized carbons (Fsp3) is 0.348. The summed E-state index contributed by atoms with van der Waals surface area (Å²) in [7, 11) is -3.36. The molecule has 0 saturated carbocycles. The van der Waals surface area contributed by atoms with Gasteiger partial charge in [0.25, 0.3) is 0 Å². The second kappa shape index (κ2) is 8.69. The molecule has 2 heterocycles. The monoisotopic (exact) mass is 460 g/mol. The minimum atomic E-state index is -3.36. The third kappa shape index (κ3) is 4.71. The second-order valence-corrected chi connectivity index (χ2v) is 11.5. The van der Waals surface area contributed by atoms with Gasteiger partial charge in [-0.25, -0.2) is 13.4 Å². The normalized spacial score (nSPS) is 15.5. The number of aryl methyl sites for hydroxylation is 2. The fourth-order valence-electron chi connectivity index (χ4n) is 4.10. The smallest absolute Gasteiger partial charge is 0.185 e. The molecular formula is C23H25ClN2O2S2. The number of benzene rings is 2. The largest absolute Gasteiger partial charge is 0.348 e. The lowest BCUT2D eigenvalue weighted by molar-refractivity contribution is 0.529. The first-order chi connectivity index (χ1) is 14.3. The van der Waals surface area contributed by atoms with Crippen LogP contribution in [0, 0.1) is 13.8 Å². The van der Waals surface area contributed by atoms with E-state index in [4.69, 9.17) is 16.6 Å². The molecule has 0 aliphatic carbocycles. The molecule has 0 unspecified atom stereocenters. The maximum absolute atomic E-state index is 13.0. The molecule has 1 saturated heterocycles. The predicted octanol–water partition coefficient (Wildman–Crippen LogP) is 5.45. The van der Waals surface area contributed by atoms with Crippen LogP contribution in [0.25, 0.3) is 0 Å². The van der Waals surface area contributed by atoms with E-state index in [9.17, 15) is 8.42 Å². The molecule has 1 aliphatic heterocycles. The highest BCUT2D eigenvalue weighted by molar-refractivity contribution is 7.92. The van der Waals surface area contributed by atoms with E-state index < -0.39 is 9.84 Å². The standard InChI is InChI=1S/C23H25ClN2O2S2/c1-16-10-17(2)12-18(11-16)13-20-15-29-23(25-20)26-8-6-21(7-9-26)30(27,28)22-5-3-4-19(24)14-22/h3-5,10-12,14-15,21H,6-9,13H2,1-2H3. The van der Waals surface area contributed by atoms with Crippen molar-refractivity contribution in [1.82, 2.24) is 4.98 Å². The lowest BCUT2D eigenvalue weighted by Gasteiger charge is -2.31. The Morgan fingerprint density at radius 1 is 1.10 bits per heavy atom. The lowest BCUT2D eigenvalue weighted by Crippen LogP contribution is -2.39. The summed E-state index contributed by atoms with van der Waals surface area (Å²) in [5, 5.41) is 3.17. The van der Waals surface area contributed by atoms with Gasteiger partial charge in [-0.05, 0) is 50.5 Å². The van der Waals surface area contributed by atoms with Gasteiger partial charge in [-0.3, -0.25) is 0 Å². The Labute approximate surface area is 187 Å². The molecule has 30 heavy (non-hydrogen) atoms. The summed E-state index contributed by atoms with van der Waals surface area (Å²) in [5.41, 5.74) is 4.87. The molecule has 0 bridgehead atoms. The van der Waals surface area contributed by atoms with Crippen molar-refractivity contribution in [2.45, 2.75) is 43.3 Å². The molecule has 1 aliphatic rings. The Kier molecular flexibility index (Phi) is 6.19. The number of anilines is 1. The molecule has 4 nitrogen and oxygen atoms in total. The highest BCUT2D eigenvalue weighted by Crippen LogP contribution is 2.30. The molecule has 7 heteroatoms. The fourth-order valence-corrected chi connectivity index (χ4v) is 7.01. The minimum absolute atomic E-state index is 0.318. The molecule has 3 aromatic rings. The molecule has 4 rings (SSSR count). The summed E-state index contributed by atoms with van der Waals surface area (Å²) in [6.07, 6.45) is 2.01. The Hall–Kier alpha value is -1.89. The summed E-state index contributed by atoms with van der Waals surface area (Å²) >= 11 is 7.63. The van der Waals surface area contributed by atoms with E-state index in [0.717, 1.165) is 17.2 Å². The van der Waals surface area contributed by atoms with Gasteiger partial charge in [0.15, 0.2) is 15.0 Å². The third-order valence-electron chi connectivity index (χ3n) is 5.48. The van der Waals surface area contributed by atoms with E-state index in [-0.39, 0.29) is 5.25 Å². The van der Waals surface area contributed by atoms with Crippen LogP contribution in [0.5, 0.6) is 0 Å². The van der Waals surface area contributed by atoms with Gasteiger partial charge in [-0.2, -0.15) is 0 Å². The van der Waals surface area contributed by atoms with Gasteiger partial charge in [0.05, 0.1) is 15.8 Å². The van der Waals surface area contributed by atoms with Crippen LogP contribution in [0.2, 0.25) is 5.02 Å². The number of nitrogens with zero attached hydrogens (tertiary/aromatic N) is 2. The number of hydrogen-bond acceptors (Lipinski definition) is 5. The first-order valence-electron chi connectivity index (χ1n) is 10.1. The summed E-state index contributed by atoms with van der Waals surface area (Å²) in [5.74, 6) is 0.